The van der Waals surface area contributed by atoms with Crippen molar-refractivity contribution in [3.8, 4) is 11.8 Å². The summed E-state index contributed by atoms with van der Waals surface area (Å²) in [5.74, 6) is 5.56. The van der Waals surface area contributed by atoms with Gasteiger partial charge in [0.05, 0.1) is 6.04 Å². The van der Waals surface area contributed by atoms with Crippen LogP contribution in [0.2, 0.25) is 0 Å². The van der Waals surface area contributed by atoms with Gasteiger partial charge in [-0.3, -0.25) is 4.79 Å². The Hall–Kier alpha value is -2.72. The Morgan fingerprint density at radius 1 is 1.52 bits per heavy atom. The van der Waals surface area contributed by atoms with E-state index in [1.165, 1.54) is 0 Å². The first-order valence-corrected chi connectivity index (χ1v) is 6.36. The van der Waals surface area contributed by atoms with Crippen LogP contribution < -0.4 is 5.32 Å². The second kappa shape index (κ2) is 6.63. The highest BCUT2D eigenvalue weighted by atomic mass is 16.2. The number of aromatic nitrogens is 4. The van der Waals surface area contributed by atoms with Gasteiger partial charge >= 0.3 is 0 Å². The first-order chi connectivity index (χ1) is 10.1. The molecule has 21 heavy (non-hydrogen) atoms. The summed E-state index contributed by atoms with van der Waals surface area (Å²) < 4.78 is 0. The Labute approximate surface area is 121 Å². The highest BCUT2D eigenvalue weighted by Crippen LogP contribution is 2.12. The van der Waals surface area contributed by atoms with Crippen LogP contribution in [-0.4, -0.2) is 38.2 Å². The van der Waals surface area contributed by atoms with Crippen LogP contribution in [0.3, 0.4) is 0 Å². The van der Waals surface area contributed by atoms with E-state index in [1.54, 1.807) is 19.1 Å². The van der Waals surface area contributed by atoms with Gasteiger partial charge < -0.3 is 10.4 Å². The summed E-state index contributed by atoms with van der Waals surface area (Å²) in [6, 6.07) is 4.87. The molecule has 1 atom stereocenters. The molecular weight excluding hydrogens is 270 g/mol. The molecule has 0 saturated heterocycles. The van der Waals surface area contributed by atoms with Crippen LogP contribution in [0, 0.1) is 18.8 Å². The number of hydrogen-bond donors (Lipinski definition) is 3. The van der Waals surface area contributed by atoms with Crippen molar-refractivity contribution in [3.63, 3.8) is 0 Å². The Morgan fingerprint density at radius 3 is 3.00 bits per heavy atom. The van der Waals surface area contributed by atoms with Gasteiger partial charge in [-0.05, 0) is 31.5 Å². The number of benzene rings is 1. The number of aromatic amines is 1. The number of tetrazole rings is 1. The molecule has 0 radical (unpaired) electrons. The van der Waals surface area contributed by atoms with E-state index in [0.717, 1.165) is 5.56 Å². The molecule has 0 spiro atoms. The standard InChI is InChI=1S/C14H15N5O2/c1-9-5-6-12(8-11(9)4-3-7-20)14(21)15-10(2)13-16-18-19-17-13/h5-6,8,10,20H,7H2,1-2H3,(H,15,21)(H,16,17,18,19). The zero-order valence-electron chi connectivity index (χ0n) is 11.7. The Morgan fingerprint density at radius 2 is 2.33 bits per heavy atom. The number of carbonyl (C=O) groups is 1. The van der Waals surface area contributed by atoms with Crippen LogP contribution in [-0.2, 0) is 0 Å². The van der Waals surface area contributed by atoms with Gasteiger partial charge in [-0.1, -0.05) is 23.1 Å². The molecule has 1 aromatic heterocycles. The molecule has 0 aliphatic carbocycles. The first-order valence-electron chi connectivity index (χ1n) is 6.36. The van der Waals surface area contributed by atoms with Crippen molar-refractivity contribution in [2.24, 2.45) is 0 Å². The third-order valence-electron chi connectivity index (χ3n) is 2.90. The van der Waals surface area contributed by atoms with E-state index in [9.17, 15) is 4.79 Å². The molecule has 1 unspecified atom stereocenters. The summed E-state index contributed by atoms with van der Waals surface area (Å²) >= 11 is 0. The molecule has 108 valence electrons. The van der Waals surface area contributed by atoms with E-state index in [0.29, 0.717) is 17.0 Å². The molecule has 0 bridgehead atoms. The van der Waals surface area contributed by atoms with Crippen molar-refractivity contribution in [2.75, 3.05) is 6.61 Å². The lowest BCUT2D eigenvalue weighted by atomic mass is 10.0. The lowest BCUT2D eigenvalue weighted by Gasteiger charge is -2.10. The zero-order chi connectivity index (χ0) is 15.2. The predicted molar refractivity (Wildman–Crippen MR) is 75.2 cm³/mol. The summed E-state index contributed by atoms with van der Waals surface area (Å²) in [7, 11) is 0. The van der Waals surface area contributed by atoms with Gasteiger partial charge in [0, 0.05) is 11.1 Å². The number of aliphatic hydroxyl groups excluding tert-OH is 1. The van der Waals surface area contributed by atoms with Crippen molar-refractivity contribution < 1.29 is 9.90 Å². The van der Waals surface area contributed by atoms with Gasteiger partial charge in [0.25, 0.3) is 5.91 Å². The lowest BCUT2D eigenvalue weighted by molar-refractivity contribution is 0.0938. The Kier molecular flexibility index (Phi) is 4.64. The molecule has 1 amide bonds. The molecule has 0 saturated carbocycles. The number of carbonyl (C=O) groups excluding carboxylic acids is 1. The van der Waals surface area contributed by atoms with Crippen LogP contribution in [0.15, 0.2) is 18.2 Å². The zero-order valence-corrected chi connectivity index (χ0v) is 11.7. The normalized spacial score (nSPS) is 11.4. The van der Waals surface area contributed by atoms with Gasteiger partial charge in [0.2, 0.25) is 0 Å². The molecule has 0 aliphatic rings. The molecule has 7 heteroatoms. The number of hydrogen-bond acceptors (Lipinski definition) is 5. The van der Waals surface area contributed by atoms with Crippen molar-refractivity contribution in [2.45, 2.75) is 19.9 Å². The second-order valence-corrected chi connectivity index (χ2v) is 4.45. The number of rotatable bonds is 3. The van der Waals surface area contributed by atoms with Crippen molar-refractivity contribution >= 4 is 5.91 Å². The molecule has 1 heterocycles. The maximum absolute atomic E-state index is 12.2. The topological polar surface area (TPSA) is 104 Å². The molecule has 2 aromatic rings. The first kappa shape index (κ1) is 14.7. The van der Waals surface area contributed by atoms with E-state index in [-0.39, 0.29) is 18.6 Å². The third kappa shape index (κ3) is 3.64. The second-order valence-electron chi connectivity index (χ2n) is 4.45. The van der Waals surface area contributed by atoms with Gasteiger partial charge in [0.1, 0.15) is 6.61 Å². The van der Waals surface area contributed by atoms with Gasteiger partial charge in [-0.2, -0.15) is 5.21 Å². The minimum absolute atomic E-state index is 0.218. The summed E-state index contributed by atoms with van der Waals surface area (Å²) in [5.41, 5.74) is 2.14. The number of aryl methyl sites for hydroxylation is 1. The minimum Gasteiger partial charge on any atom is -0.384 e. The summed E-state index contributed by atoms with van der Waals surface area (Å²) in [5, 5.41) is 25.0. The SMILES string of the molecule is Cc1ccc(C(=O)NC(C)c2nn[nH]n2)cc1C#CCO. The smallest absolute Gasteiger partial charge is 0.251 e. The average Bonchev–Trinajstić information content (AvgIpc) is 3.00. The molecule has 0 aliphatic heterocycles. The highest BCUT2D eigenvalue weighted by molar-refractivity contribution is 5.94. The van der Waals surface area contributed by atoms with Gasteiger partial charge in [-0.15, -0.1) is 10.2 Å². The maximum atomic E-state index is 12.2. The van der Waals surface area contributed by atoms with Crippen LogP contribution in [0.1, 0.15) is 40.3 Å². The average molecular weight is 285 g/mol. The van der Waals surface area contributed by atoms with Crippen LogP contribution in [0.4, 0.5) is 0 Å². The van der Waals surface area contributed by atoms with E-state index >= 15 is 0 Å². The summed E-state index contributed by atoms with van der Waals surface area (Å²) in [6.07, 6.45) is 0. The van der Waals surface area contributed by atoms with E-state index in [1.807, 2.05) is 13.0 Å². The third-order valence-corrected chi connectivity index (χ3v) is 2.90. The predicted octanol–water partition coefficient (Wildman–Crippen LogP) is 0.343. The fourth-order valence-electron chi connectivity index (χ4n) is 1.73. The van der Waals surface area contributed by atoms with Crippen molar-refractivity contribution in [3.05, 3.63) is 40.7 Å². The number of amides is 1. The fourth-order valence-corrected chi connectivity index (χ4v) is 1.73. The van der Waals surface area contributed by atoms with Crippen LogP contribution >= 0.6 is 0 Å². The summed E-state index contributed by atoms with van der Waals surface area (Å²) in [6.45, 7) is 3.44. The molecule has 1 aromatic carbocycles. The fraction of sp³-hybridized carbons (Fsp3) is 0.286. The van der Waals surface area contributed by atoms with Gasteiger partial charge in [-0.25, -0.2) is 0 Å². The molecule has 2 rings (SSSR count). The molecule has 7 nitrogen and oxygen atoms in total. The minimum atomic E-state index is -0.357. The van der Waals surface area contributed by atoms with Crippen molar-refractivity contribution in [1.82, 2.24) is 25.9 Å². The number of aliphatic hydroxyl groups is 1. The quantitative estimate of drug-likeness (QED) is 0.706. The molecule has 0 fully saturated rings. The number of nitrogens with zero attached hydrogens (tertiary/aromatic N) is 3. The lowest BCUT2D eigenvalue weighted by Crippen LogP contribution is -2.27. The highest BCUT2D eigenvalue weighted by Gasteiger charge is 2.15. The maximum Gasteiger partial charge on any atom is 0.251 e. The van der Waals surface area contributed by atoms with Crippen LogP contribution in [0.5, 0.6) is 0 Å². The van der Waals surface area contributed by atoms with Gasteiger partial charge in [0.15, 0.2) is 5.82 Å². The summed E-state index contributed by atoms with van der Waals surface area (Å²) in [4.78, 5) is 12.2. The van der Waals surface area contributed by atoms with E-state index in [2.05, 4.69) is 37.8 Å². The van der Waals surface area contributed by atoms with E-state index < -0.39 is 0 Å². The largest absolute Gasteiger partial charge is 0.384 e. The number of H-pyrrole nitrogens is 1. The Balaban J connectivity index is 2.16. The Bertz CT molecular complexity index is 685. The van der Waals surface area contributed by atoms with Crippen molar-refractivity contribution in [1.29, 1.82) is 0 Å². The number of nitrogens with one attached hydrogen (secondary N) is 2. The molecular formula is C14H15N5O2. The monoisotopic (exact) mass is 285 g/mol. The van der Waals surface area contributed by atoms with E-state index in [4.69, 9.17) is 5.11 Å². The molecule has 3 N–H and O–H groups in total. The van der Waals surface area contributed by atoms with Crippen LogP contribution in [0.25, 0.3) is 0 Å².